The van der Waals surface area contributed by atoms with Crippen molar-refractivity contribution in [2.24, 2.45) is 0 Å². The summed E-state index contributed by atoms with van der Waals surface area (Å²) in [6.07, 6.45) is 0.530. The molecule has 0 saturated carbocycles. The number of ether oxygens (including phenoxy) is 1. The van der Waals surface area contributed by atoms with Crippen LogP contribution in [0.15, 0.2) is 16.6 Å². The first-order valence-electron chi connectivity index (χ1n) is 6.46. The molecule has 0 atom stereocenters. The minimum absolute atomic E-state index is 0.160. The van der Waals surface area contributed by atoms with Gasteiger partial charge in [-0.05, 0) is 23.6 Å². The van der Waals surface area contributed by atoms with Crippen LogP contribution in [0.3, 0.4) is 0 Å². The largest absolute Gasteiger partial charge is 0.381 e. The molecule has 0 spiro atoms. The fraction of sp³-hybridized carbons (Fsp3) is 0.571. The van der Waals surface area contributed by atoms with Gasteiger partial charge in [-0.1, -0.05) is 54.5 Å². The van der Waals surface area contributed by atoms with Gasteiger partial charge in [-0.3, -0.25) is 0 Å². The van der Waals surface area contributed by atoms with Gasteiger partial charge in [-0.2, -0.15) is 0 Å². The predicted molar refractivity (Wildman–Crippen MR) is 86.6 cm³/mol. The molecule has 108 valence electrons. The Morgan fingerprint density at radius 1 is 1.37 bits per heavy atom. The summed E-state index contributed by atoms with van der Waals surface area (Å²) in [5.74, 6) is -0.350. The minimum Gasteiger partial charge on any atom is -0.381 e. The average molecular weight is 368 g/mol. The Morgan fingerprint density at radius 3 is 2.58 bits per heavy atom. The van der Waals surface area contributed by atoms with E-state index in [0.29, 0.717) is 18.6 Å². The summed E-state index contributed by atoms with van der Waals surface area (Å²) in [4.78, 5) is 0. The van der Waals surface area contributed by atoms with E-state index in [4.69, 9.17) is 16.3 Å². The molecule has 1 rings (SSSR count). The molecule has 1 nitrogen and oxygen atoms in total. The van der Waals surface area contributed by atoms with Gasteiger partial charge in [0.15, 0.2) is 0 Å². The molecule has 0 N–H and O–H groups in total. The molecule has 0 saturated heterocycles. The number of hydrogen-bond acceptors (Lipinski definition) is 1. The SMILES string of the molecule is C[SiH](C)C(C)(C)COCCc1c(Br)ccc(Cl)c1F. The molecule has 0 aliphatic heterocycles. The van der Waals surface area contributed by atoms with E-state index in [1.165, 1.54) is 0 Å². The summed E-state index contributed by atoms with van der Waals surface area (Å²) in [6.45, 7) is 10.4. The number of hydrogen-bond donors (Lipinski definition) is 0. The van der Waals surface area contributed by atoms with E-state index >= 15 is 0 Å². The smallest absolute Gasteiger partial charge is 0.146 e. The van der Waals surface area contributed by atoms with Gasteiger partial charge >= 0.3 is 0 Å². The van der Waals surface area contributed by atoms with Crippen molar-refractivity contribution < 1.29 is 9.13 Å². The summed E-state index contributed by atoms with van der Waals surface area (Å²) in [6, 6.07) is 3.32. The Kier molecular flexibility index (Phi) is 6.50. The third-order valence-corrected chi connectivity index (χ3v) is 8.00. The van der Waals surface area contributed by atoms with Crippen molar-refractivity contribution >= 4 is 36.3 Å². The van der Waals surface area contributed by atoms with Crippen LogP contribution in [0.5, 0.6) is 0 Å². The van der Waals surface area contributed by atoms with Gasteiger partial charge in [0.2, 0.25) is 0 Å². The first-order valence-corrected chi connectivity index (χ1v) is 10.5. The molecule has 0 amide bonds. The zero-order valence-electron chi connectivity index (χ0n) is 11.9. The molecule has 0 heterocycles. The van der Waals surface area contributed by atoms with E-state index in [0.717, 1.165) is 11.1 Å². The van der Waals surface area contributed by atoms with Crippen LogP contribution in [0.4, 0.5) is 4.39 Å². The van der Waals surface area contributed by atoms with Crippen LogP contribution in [-0.2, 0) is 11.2 Å². The standard InChI is InChI=1S/C14H21BrClFOSi/c1-14(2,19(3)4)9-18-8-7-10-11(15)5-6-12(16)13(10)17/h5-6,19H,7-9H2,1-4H3. The molecule has 0 radical (unpaired) electrons. The molecule has 0 fully saturated rings. The lowest BCUT2D eigenvalue weighted by Crippen LogP contribution is -2.26. The second-order valence-corrected chi connectivity index (χ2v) is 10.9. The molecule has 19 heavy (non-hydrogen) atoms. The topological polar surface area (TPSA) is 9.23 Å². The highest BCUT2D eigenvalue weighted by atomic mass is 79.9. The fourth-order valence-corrected chi connectivity index (χ4v) is 2.61. The zero-order chi connectivity index (χ0) is 14.6. The van der Waals surface area contributed by atoms with Crippen molar-refractivity contribution in [3.05, 3.63) is 33.0 Å². The molecule has 0 unspecified atom stereocenters. The molecule has 1 aromatic rings. The Balaban J connectivity index is 2.53. The highest BCUT2D eigenvalue weighted by molar-refractivity contribution is 9.10. The van der Waals surface area contributed by atoms with Crippen molar-refractivity contribution in [2.45, 2.75) is 38.4 Å². The van der Waals surface area contributed by atoms with Crippen LogP contribution in [0, 0.1) is 5.82 Å². The summed E-state index contributed by atoms with van der Waals surface area (Å²) >= 11 is 9.13. The van der Waals surface area contributed by atoms with Gasteiger partial charge in [0, 0.05) is 25.4 Å². The van der Waals surface area contributed by atoms with E-state index in [1.54, 1.807) is 12.1 Å². The van der Waals surface area contributed by atoms with E-state index in [2.05, 4.69) is 42.9 Å². The molecule has 0 aromatic heterocycles. The molecule has 0 aliphatic rings. The van der Waals surface area contributed by atoms with Gasteiger partial charge in [0.25, 0.3) is 0 Å². The summed E-state index contributed by atoms with van der Waals surface area (Å²) in [5, 5.41) is 0.428. The highest BCUT2D eigenvalue weighted by Gasteiger charge is 2.23. The van der Waals surface area contributed by atoms with Crippen LogP contribution < -0.4 is 0 Å². The lowest BCUT2D eigenvalue weighted by Gasteiger charge is -2.27. The third kappa shape index (κ3) is 4.85. The Bertz CT molecular complexity index is 438. The molecule has 5 heteroatoms. The molecule has 0 aliphatic carbocycles. The van der Waals surface area contributed by atoms with Gasteiger partial charge in [-0.25, -0.2) is 4.39 Å². The lowest BCUT2D eigenvalue weighted by atomic mass is 10.1. The van der Waals surface area contributed by atoms with Crippen LogP contribution in [0.2, 0.25) is 23.2 Å². The normalized spacial score (nSPS) is 12.2. The van der Waals surface area contributed by atoms with Crippen LogP contribution in [0.1, 0.15) is 19.4 Å². The van der Waals surface area contributed by atoms with Gasteiger partial charge in [-0.15, -0.1) is 0 Å². The van der Waals surface area contributed by atoms with E-state index < -0.39 is 8.80 Å². The number of rotatable bonds is 6. The Morgan fingerprint density at radius 2 is 2.00 bits per heavy atom. The second-order valence-electron chi connectivity index (χ2n) is 5.77. The summed E-state index contributed by atoms with van der Waals surface area (Å²) in [5.41, 5.74) is 0.590. The zero-order valence-corrected chi connectivity index (χ0v) is 15.4. The molecule has 0 bridgehead atoms. The van der Waals surface area contributed by atoms with Crippen LogP contribution >= 0.6 is 27.5 Å². The van der Waals surface area contributed by atoms with E-state index in [-0.39, 0.29) is 15.9 Å². The van der Waals surface area contributed by atoms with Crippen molar-refractivity contribution in [3.63, 3.8) is 0 Å². The van der Waals surface area contributed by atoms with E-state index in [9.17, 15) is 4.39 Å². The van der Waals surface area contributed by atoms with E-state index in [1.807, 2.05) is 0 Å². The van der Waals surface area contributed by atoms with Gasteiger partial charge < -0.3 is 4.74 Å². The second kappa shape index (κ2) is 7.20. The van der Waals surface area contributed by atoms with Crippen molar-refractivity contribution in [3.8, 4) is 0 Å². The molecular formula is C14H21BrClFOSi. The summed E-state index contributed by atoms with van der Waals surface area (Å²) in [7, 11) is -0.753. The maximum absolute atomic E-state index is 13.8. The van der Waals surface area contributed by atoms with Gasteiger partial charge in [0.1, 0.15) is 5.82 Å². The fourth-order valence-electron chi connectivity index (χ4n) is 1.47. The monoisotopic (exact) mass is 366 g/mol. The van der Waals surface area contributed by atoms with Crippen molar-refractivity contribution in [1.29, 1.82) is 0 Å². The maximum Gasteiger partial charge on any atom is 0.146 e. The molecule has 1 aromatic carbocycles. The number of benzene rings is 1. The number of halogens is 3. The third-order valence-electron chi connectivity index (χ3n) is 3.67. The Labute approximate surface area is 130 Å². The highest BCUT2D eigenvalue weighted by Crippen LogP contribution is 2.29. The predicted octanol–water partition coefficient (Wildman–Crippen LogP) is 5.07. The summed E-state index contributed by atoms with van der Waals surface area (Å²) < 4.78 is 20.3. The van der Waals surface area contributed by atoms with Crippen LogP contribution in [0.25, 0.3) is 0 Å². The van der Waals surface area contributed by atoms with Crippen molar-refractivity contribution in [1.82, 2.24) is 0 Å². The average Bonchev–Trinajstić information content (AvgIpc) is 2.33. The molecular weight excluding hydrogens is 347 g/mol. The first kappa shape index (κ1) is 17.1. The minimum atomic E-state index is -0.753. The quantitative estimate of drug-likeness (QED) is 0.387. The van der Waals surface area contributed by atoms with Crippen LogP contribution in [-0.4, -0.2) is 22.0 Å². The Hall–Kier alpha value is 0.0969. The van der Waals surface area contributed by atoms with Gasteiger partial charge in [0.05, 0.1) is 11.6 Å². The lowest BCUT2D eigenvalue weighted by molar-refractivity contribution is 0.116. The maximum atomic E-state index is 13.8. The van der Waals surface area contributed by atoms with Crippen molar-refractivity contribution in [2.75, 3.05) is 13.2 Å². The first-order chi connectivity index (χ1) is 8.75.